The molecule has 1 saturated heterocycles. The molecule has 94 valence electrons. The van der Waals surface area contributed by atoms with Crippen molar-refractivity contribution in [2.75, 3.05) is 19.7 Å². The minimum atomic E-state index is -0.0617. The Morgan fingerprint density at radius 1 is 1.50 bits per heavy atom. The molecule has 0 aromatic heterocycles. The van der Waals surface area contributed by atoms with Gasteiger partial charge in [0.05, 0.1) is 12.5 Å². The number of hydrogen-bond donors (Lipinski definition) is 0. The zero-order chi connectivity index (χ0) is 12.1. The number of nitrogens with zero attached hydrogens (tertiary/aromatic N) is 1. The van der Waals surface area contributed by atoms with E-state index in [-0.39, 0.29) is 11.9 Å². The minimum Gasteiger partial charge on any atom is -0.466 e. The van der Waals surface area contributed by atoms with Crippen LogP contribution < -0.4 is 0 Å². The third-order valence-electron chi connectivity index (χ3n) is 3.47. The second kappa shape index (κ2) is 6.24. The molecule has 0 aliphatic carbocycles. The highest BCUT2D eigenvalue weighted by Crippen LogP contribution is 2.22. The first-order valence-electron chi connectivity index (χ1n) is 6.45. The summed E-state index contributed by atoms with van der Waals surface area (Å²) in [5.41, 5.74) is 0. The zero-order valence-electron chi connectivity index (χ0n) is 11.0. The van der Waals surface area contributed by atoms with Crippen LogP contribution in [0, 0.1) is 11.8 Å². The first-order valence-corrected chi connectivity index (χ1v) is 6.45. The molecule has 3 unspecified atom stereocenters. The maximum atomic E-state index is 11.5. The number of esters is 1. The summed E-state index contributed by atoms with van der Waals surface area (Å²) in [6.07, 6.45) is 2.50. The van der Waals surface area contributed by atoms with Gasteiger partial charge in [-0.25, -0.2) is 0 Å². The molecule has 1 aliphatic rings. The van der Waals surface area contributed by atoms with E-state index in [2.05, 4.69) is 18.7 Å². The van der Waals surface area contributed by atoms with Gasteiger partial charge in [-0.1, -0.05) is 13.8 Å². The maximum absolute atomic E-state index is 11.5. The Morgan fingerprint density at radius 2 is 2.19 bits per heavy atom. The van der Waals surface area contributed by atoms with Crippen LogP contribution in [-0.2, 0) is 9.53 Å². The second-order valence-electron chi connectivity index (χ2n) is 5.13. The lowest BCUT2D eigenvalue weighted by Crippen LogP contribution is -2.43. The summed E-state index contributed by atoms with van der Waals surface area (Å²) in [6, 6.07) is 0.598. The molecule has 16 heavy (non-hydrogen) atoms. The number of carbonyl (C=O) groups is 1. The Hall–Kier alpha value is -0.570. The van der Waals surface area contributed by atoms with Crippen molar-refractivity contribution in [3.05, 3.63) is 0 Å². The van der Waals surface area contributed by atoms with Gasteiger partial charge >= 0.3 is 5.97 Å². The van der Waals surface area contributed by atoms with Gasteiger partial charge in [0.1, 0.15) is 0 Å². The van der Waals surface area contributed by atoms with Crippen molar-refractivity contribution >= 4 is 5.97 Å². The normalized spacial score (nSPS) is 28.8. The fraction of sp³-hybridized carbons (Fsp3) is 0.923. The standard InChI is InChI=1S/C13H25NO2/c1-5-16-13(15)11(3)9-14-7-6-10(2)8-12(14)4/h10-12H,5-9H2,1-4H3. The zero-order valence-corrected chi connectivity index (χ0v) is 11.0. The quantitative estimate of drug-likeness (QED) is 0.690. The molecule has 0 radical (unpaired) electrons. The van der Waals surface area contributed by atoms with Crippen molar-refractivity contribution < 1.29 is 9.53 Å². The van der Waals surface area contributed by atoms with E-state index in [4.69, 9.17) is 4.74 Å². The number of ether oxygens (including phenoxy) is 1. The van der Waals surface area contributed by atoms with Crippen molar-refractivity contribution in [1.29, 1.82) is 0 Å². The van der Waals surface area contributed by atoms with Gasteiger partial charge in [-0.15, -0.1) is 0 Å². The van der Waals surface area contributed by atoms with Crippen LogP contribution in [0.5, 0.6) is 0 Å². The van der Waals surface area contributed by atoms with E-state index in [0.29, 0.717) is 12.6 Å². The van der Waals surface area contributed by atoms with Gasteiger partial charge < -0.3 is 4.74 Å². The monoisotopic (exact) mass is 227 g/mol. The van der Waals surface area contributed by atoms with Gasteiger partial charge in [-0.05, 0) is 39.2 Å². The molecule has 0 bridgehead atoms. The summed E-state index contributed by atoms with van der Waals surface area (Å²) in [4.78, 5) is 14.0. The Morgan fingerprint density at radius 3 is 2.75 bits per heavy atom. The Labute approximate surface area is 99.1 Å². The molecule has 0 aromatic carbocycles. The van der Waals surface area contributed by atoms with Crippen LogP contribution >= 0.6 is 0 Å². The molecule has 0 spiro atoms. The smallest absolute Gasteiger partial charge is 0.309 e. The third kappa shape index (κ3) is 3.78. The number of piperidine rings is 1. The summed E-state index contributed by atoms with van der Waals surface area (Å²) >= 11 is 0. The predicted octanol–water partition coefficient (Wildman–Crippen LogP) is 2.31. The summed E-state index contributed by atoms with van der Waals surface area (Å²) in [7, 11) is 0. The number of carbonyl (C=O) groups excluding carboxylic acids is 1. The Bertz CT molecular complexity index is 230. The molecule has 0 aromatic rings. The van der Waals surface area contributed by atoms with Crippen molar-refractivity contribution in [1.82, 2.24) is 4.90 Å². The lowest BCUT2D eigenvalue weighted by Gasteiger charge is -2.37. The van der Waals surface area contributed by atoms with E-state index in [0.717, 1.165) is 19.0 Å². The fourth-order valence-electron chi connectivity index (χ4n) is 2.44. The van der Waals surface area contributed by atoms with Gasteiger partial charge in [-0.3, -0.25) is 9.69 Å². The Balaban J connectivity index is 2.38. The molecular weight excluding hydrogens is 202 g/mol. The fourth-order valence-corrected chi connectivity index (χ4v) is 2.44. The summed E-state index contributed by atoms with van der Waals surface area (Å²) in [5.74, 6) is 0.758. The lowest BCUT2D eigenvalue weighted by molar-refractivity contribution is -0.148. The molecule has 1 fully saturated rings. The number of rotatable bonds is 4. The van der Waals surface area contributed by atoms with E-state index in [1.807, 2.05) is 13.8 Å². The van der Waals surface area contributed by atoms with E-state index < -0.39 is 0 Å². The summed E-state index contributed by atoms with van der Waals surface area (Å²) in [5, 5.41) is 0. The molecule has 0 saturated carbocycles. The van der Waals surface area contributed by atoms with Gasteiger partial charge in [0, 0.05) is 12.6 Å². The predicted molar refractivity (Wildman–Crippen MR) is 65.2 cm³/mol. The van der Waals surface area contributed by atoms with Crippen LogP contribution in [0.25, 0.3) is 0 Å². The summed E-state index contributed by atoms with van der Waals surface area (Å²) in [6.45, 7) is 10.8. The highest BCUT2D eigenvalue weighted by Gasteiger charge is 2.26. The average Bonchev–Trinajstić information content (AvgIpc) is 2.22. The molecule has 3 heteroatoms. The van der Waals surface area contributed by atoms with Crippen molar-refractivity contribution in [3.63, 3.8) is 0 Å². The SMILES string of the molecule is CCOC(=O)C(C)CN1CCC(C)CC1C. The van der Waals surface area contributed by atoms with E-state index in [1.165, 1.54) is 12.8 Å². The first-order chi connectivity index (χ1) is 7.54. The molecule has 0 N–H and O–H groups in total. The van der Waals surface area contributed by atoms with Crippen LogP contribution in [-0.4, -0.2) is 36.6 Å². The molecule has 3 nitrogen and oxygen atoms in total. The lowest BCUT2D eigenvalue weighted by atomic mass is 9.92. The van der Waals surface area contributed by atoms with Gasteiger partial charge in [0.15, 0.2) is 0 Å². The largest absolute Gasteiger partial charge is 0.466 e. The second-order valence-corrected chi connectivity index (χ2v) is 5.13. The summed E-state index contributed by atoms with van der Waals surface area (Å²) < 4.78 is 5.04. The van der Waals surface area contributed by atoms with Crippen LogP contribution in [0.1, 0.15) is 40.5 Å². The van der Waals surface area contributed by atoms with Crippen molar-refractivity contribution in [2.24, 2.45) is 11.8 Å². The molecule has 1 aliphatic heterocycles. The maximum Gasteiger partial charge on any atom is 0.309 e. The van der Waals surface area contributed by atoms with Crippen LogP contribution in [0.15, 0.2) is 0 Å². The van der Waals surface area contributed by atoms with Gasteiger partial charge in [0.25, 0.3) is 0 Å². The minimum absolute atomic E-state index is 0.00388. The van der Waals surface area contributed by atoms with E-state index in [9.17, 15) is 4.79 Å². The Kier molecular flexibility index (Phi) is 5.26. The van der Waals surface area contributed by atoms with Gasteiger partial charge in [-0.2, -0.15) is 0 Å². The molecule has 0 amide bonds. The molecular formula is C13H25NO2. The van der Waals surface area contributed by atoms with Crippen LogP contribution in [0.4, 0.5) is 0 Å². The third-order valence-corrected chi connectivity index (χ3v) is 3.47. The number of likely N-dealkylation sites (tertiary alicyclic amines) is 1. The molecule has 1 heterocycles. The van der Waals surface area contributed by atoms with Gasteiger partial charge in [0.2, 0.25) is 0 Å². The number of hydrogen-bond acceptors (Lipinski definition) is 3. The molecule has 3 atom stereocenters. The first kappa shape index (κ1) is 13.5. The highest BCUT2D eigenvalue weighted by molar-refractivity contribution is 5.72. The highest BCUT2D eigenvalue weighted by atomic mass is 16.5. The average molecular weight is 227 g/mol. The van der Waals surface area contributed by atoms with Crippen LogP contribution in [0.2, 0.25) is 0 Å². The van der Waals surface area contributed by atoms with Crippen molar-refractivity contribution in [2.45, 2.75) is 46.6 Å². The van der Waals surface area contributed by atoms with Crippen molar-refractivity contribution in [3.8, 4) is 0 Å². The van der Waals surface area contributed by atoms with E-state index >= 15 is 0 Å². The van der Waals surface area contributed by atoms with Crippen LogP contribution in [0.3, 0.4) is 0 Å². The van der Waals surface area contributed by atoms with E-state index in [1.54, 1.807) is 0 Å². The topological polar surface area (TPSA) is 29.5 Å². The molecule has 1 rings (SSSR count).